The molecular weight excluding hydrogens is 646 g/mol. The lowest BCUT2D eigenvalue weighted by atomic mass is 9.85. The van der Waals surface area contributed by atoms with E-state index in [0.717, 1.165) is 16.7 Å². The standard InChI is InChI=1S/C34H49N9O7/c1-8-21(2)27(36-32(47)49-6)30(45)40-43(19-23-14-16-24(17-15-23)29-38-41-42-39-29)20-26(44)25(18-22-12-10-9-11-13-22)35-31(46)28(34(3,4)5)37-33(48)50-7/h9-17,21,25-28,44H,8,18-20H2,1-7H3,(H,35,46)(H,36,47)(H,37,48)(H,40,45)(H,38,39,41,42)/t21-,25-,26-,27-,28+/m0/s1. The van der Waals surface area contributed by atoms with Crippen LogP contribution in [0, 0.1) is 11.3 Å². The molecule has 3 rings (SSSR count). The third-order valence-corrected chi connectivity index (χ3v) is 8.24. The van der Waals surface area contributed by atoms with E-state index < -0.39 is 53.6 Å². The summed E-state index contributed by atoms with van der Waals surface area (Å²) < 4.78 is 9.51. The van der Waals surface area contributed by atoms with Crippen LogP contribution in [-0.4, -0.2) is 99.7 Å². The number of hydrogen-bond donors (Lipinski definition) is 6. The Morgan fingerprint density at radius 3 is 2.10 bits per heavy atom. The predicted octanol–water partition coefficient (Wildman–Crippen LogP) is 2.33. The fourth-order valence-corrected chi connectivity index (χ4v) is 5.16. The third kappa shape index (κ3) is 11.8. The topological polar surface area (TPSA) is 213 Å². The van der Waals surface area contributed by atoms with Crippen LogP contribution in [-0.2, 0) is 32.0 Å². The van der Waals surface area contributed by atoms with Gasteiger partial charge in [-0.2, -0.15) is 0 Å². The summed E-state index contributed by atoms with van der Waals surface area (Å²) in [4.78, 5) is 51.7. The Bertz CT molecular complexity index is 1520. The Kier molecular flexibility index (Phi) is 14.6. The Balaban J connectivity index is 1.94. The van der Waals surface area contributed by atoms with Gasteiger partial charge in [0, 0.05) is 18.7 Å². The van der Waals surface area contributed by atoms with Crippen LogP contribution in [0.2, 0.25) is 0 Å². The van der Waals surface area contributed by atoms with Gasteiger partial charge in [-0.15, -0.1) is 5.10 Å². The number of nitrogens with one attached hydrogen (secondary N) is 5. The molecule has 272 valence electrons. The summed E-state index contributed by atoms with van der Waals surface area (Å²) in [5, 5.41) is 35.3. The molecule has 50 heavy (non-hydrogen) atoms. The molecule has 3 aromatic rings. The molecule has 0 aliphatic carbocycles. The van der Waals surface area contributed by atoms with E-state index in [-0.39, 0.29) is 25.4 Å². The van der Waals surface area contributed by atoms with Crippen molar-refractivity contribution in [3.05, 3.63) is 65.7 Å². The summed E-state index contributed by atoms with van der Waals surface area (Å²) in [6.07, 6.45) is -1.93. The minimum absolute atomic E-state index is 0.132. The molecule has 1 aromatic heterocycles. The van der Waals surface area contributed by atoms with Crippen molar-refractivity contribution in [3.63, 3.8) is 0 Å². The average molecular weight is 696 g/mol. The molecule has 0 saturated carbocycles. The highest BCUT2D eigenvalue weighted by Crippen LogP contribution is 2.21. The summed E-state index contributed by atoms with van der Waals surface area (Å²) in [7, 11) is 2.43. The average Bonchev–Trinajstić information content (AvgIpc) is 3.64. The number of carbonyl (C=O) groups is 4. The van der Waals surface area contributed by atoms with E-state index in [0.29, 0.717) is 12.2 Å². The number of ether oxygens (including phenoxy) is 2. The van der Waals surface area contributed by atoms with E-state index in [1.165, 1.54) is 19.2 Å². The molecule has 0 radical (unpaired) electrons. The summed E-state index contributed by atoms with van der Waals surface area (Å²) >= 11 is 0. The van der Waals surface area contributed by atoms with Gasteiger partial charge >= 0.3 is 12.2 Å². The number of nitrogens with zero attached hydrogens (tertiary/aromatic N) is 4. The fraction of sp³-hybridized carbons (Fsp3) is 0.500. The van der Waals surface area contributed by atoms with E-state index in [1.54, 1.807) is 20.8 Å². The van der Waals surface area contributed by atoms with Gasteiger partial charge in [-0.05, 0) is 39.3 Å². The van der Waals surface area contributed by atoms with Crippen LogP contribution in [0.15, 0.2) is 54.6 Å². The molecule has 0 spiro atoms. The van der Waals surface area contributed by atoms with Gasteiger partial charge in [0.25, 0.3) is 5.91 Å². The van der Waals surface area contributed by atoms with Gasteiger partial charge in [0.2, 0.25) is 5.91 Å². The smallest absolute Gasteiger partial charge is 0.407 e. The van der Waals surface area contributed by atoms with Crippen molar-refractivity contribution < 1.29 is 33.8 Å². The van der Waals surface area contributed by atoms with E-state index in [1.807, 2.05) is 68.4 Å². The van der Waals surface area contributed by atoms with E-state index in [9.17, 15) is 24.3 Å². The fourth-order valence-electron chi connectivity index (χ4n) is 5.16. The van der Waals surface area contributed by atoms with Crippen LogP contribution < -0.4 is 21.4 Å². The number of alkyl carbamates (subject to hydrolysis) is 2. The molecule has 0 aliphatic heterocycles. The second kappa shape index (κ2) is 18.6. The predicted molar refractivity (Wildman–Crippen MR) is 184 cm³/mol. The van der Waals surface area contributed by atoms with Crippen molar-refractivity contribution in [2.24, 2.45) is 11.3 Å². The maximum atomic E-state index is 13.7. The van der Waals surface area contributed by atoms with Crippen LogP contribution in [0.4, 0.5) is 9.59 Å². The summed E-state index contributed by atoms with van der Waals surface area (Å²) in [5.41, 5.74) is 4.53. The van der Waals surface area contributed by atoms with Crippen molar-refractivity contribution in [2.45, 2.75) is 78.2 Å². The van der Waals surface area contributed by atoms with Crippen LogP contribution in [0.3, 0.4) is 0 Å². The Morgan fingerprint density at radius 2 is 1.54 bits per heavy atom. The number of benzene rings is 2. The molecule has 1 heterocycles. The van der Waals surface area contributed by atoms with Crippen molar-refractivity contribution in [3.8, 4) is 11.4 Å². The zero-order chi connectivity index (χ0) is 36.8. The number of tetrazole rings is 1. The van der Waals surface area contributed by atoms with Crippen LogP contribution in [0.1, 0.15) is 52.2 Å². The minimum atomic E-state index is -1.23. The van der Waals surface area contributed by atoms with Gasteiger partial charge in [-0.25, -0.2) is 19.7 Å². The first-order valence-corrected chi connectivity index (χ1v) is 16.3. The summed E-state index contributed by atoms with van der Waals surface area (Å²) in [6.45, 7) is 9.13. The maximum Gasteiger partial charge on any atom is 0.407 e. The van der Waals surface area contributed by atoms with Crippen LogP contribution in [0.25, 0.3) is 11.4 Å². The van der Waals surface area contributed by atoms with Gasteiger partial charge < -0.3 is 30.5 Å². The lowest BCUT2D eigenvalue weighted by molar-refractivity contribution is -0.131. The van der Waals surface area contributed by atoms with Gasteiger partial charge in [0.1, 0.15) is 12.1 Å². The van der Waals surface area contributed by atoms with Crippen LogP contribution in [0.5, 0.6) is 0 Å². The second-order valence-electron chi connectivity index (χ2n) is 13.1. The van der Waals surface area contributed by atoms with Crippen LogP contribution >= 0.6 is 0 Å². The van der Waals surface area contributed by atoms with E-state index in [2.05, 4.69) is 42.0 Å². The largest absolute Gasteiger partial charge is 0.453 e. The first kappa shape index (κ1) is 39.3. The first-order chi connectivity index (χ1) is 23.7. The molecule has 0 aliphatic rings. The zero-order valence-electron chi connectivity index (χ0n) is 29.6. The lowest BCUT2D eigenvalue weighted by Gasteiger charge is -2.35. The highest BCUT2D eigenvalue weighted by Gasteiger charge is 2.36. The Hall–Kier alpha value is -5.09. The number of methoxy groups -OCH3 is 2. The number of amides is 4. The molecule has 6 N–H and O–H groups in total. The van der Waals surface area contributed by atoms with Gasteiger partial charge in [-0.1, -0.05) is 95.6 Å². The summed E-state index contributed by atoms with van der Waals surface area (Å²) in [5.74, 6) is -0.801. The number of rotatable bonds is 16. The number of aromatic nitrogens is 4. The molecule has 5 atom stereocenters. The monoisotopic (exact) mass is 695 g/mol. The SMILES string of the molecule is CC[C@H](C)[C@H](NC(=O)OC)C(=O)NN(Cc1ccc(-c2nnn[nH]2)cc1)C[C@H](O)[C@H](Cc1ccccc1)NC(=O)[C@@H](NC(=O)OC)C(C)(C)C. The van der Waals surface area contributed by atoms with E-state index in [4.69, 9.17) is 9.47 Å². The number of aromatic amines is 1. The van der Waals surface area contributed by atoms with Crippen molar-refractivity contribution in [1.82, 2.24) is 47.0 Å². The Morgan fingerprint density at radius 1 is 0.900 bits per heavy atom. The molecular formula is C34H49N9O7. The minimum Gasteiger partial charge on any atom is -0.453 e. The molecule has 0 bridgehead atoms. The molecule has 2 aromatic carbocycles. The number of hydrogen-bond acceptors (Lipinski definition) is 11. The van der Waals surface area contributed by atoms with Crippen molar-refractivity contribution in [2.75, 3.05) is 20.8 Å². The Labute approximate surface area is 292 Å². The lowest BCUT2D eigenvalue weighted by Crippen LogP contribution is -2.60. The quantitative estimate of drug-likeness (QED) is 0.120. The maximum absolute atomic E-state index is 13.7. The molecule has 0 unspecified atom stereocenters. The number of carbonyl (C=O) groups excluding carboxylic acids is 4. The van der Waals surface area contributed by atoms with Gasteiger partial charge in [0.15, 0.2) is 5.82 Å². The molecule has 4 amide bonds. The highest BCUT2D eigenvalue weighted by atomic mass is 16.5. The number of aliphatic hydroxyl groups excluding tert-OH is 1. The molecule has 0 saturated heterocycles. The number of H-pyrrole nitrogens is 1. The zero-order valence-corrected chi connectivity index (χ0v) is 29.6. The normalized spacial score (nSPS) is 14.4. The van der Waals surface area contributed by atoms with Gasteiger partial charge in [-0.3, -0.25) is 15.0 Å². The molecule has 16 nitrogen and oxygen atoms in total. The first-order valence-electron chi connectivity index (χ1n) is 16.3. The van der Waals surface area contributed by atoms with Crippen molar-refractivity contribution in [1.29, 1.82) is 0 Å². The number of aliphatic hydroxyl groups is 1. The molecule has 0 fully saturated rings. The second-order valence-corrected chi connectivity index (χ2v) is 13.1. The van der Waals surface area contributed by atoms with Gasteiger partial charge in [0.05, 0.1) is 26.4 Å². The highest BCUT2D eigenvalue weighted by molar-refractivity contribution is 5.87. The van der Waals surface area contributed by atoms with Crippen molar-refractivity contribution >= 4 is 24.0 Å². The molecule has 16 heteroatoms. The summed E-state index contributed by atoms with van der Waals surface area (Å²) in [6, 6.07) is 13.8. The number of hydrazine groups is 1. The van der Waals surface area contributed by atoms with E-state index >= 15 is 0 Å². The third-order valence-electron chi connectivity index (χ3n) is 8.24.